The molecule has 1 N–H and O–H groups in total. The molecule has 0 fully saturated rings. The predicted octanol–water partition coefficient (Wildman–Crippen LogP) is 5.30. The average molecular weight is 312 g/mol. The van der Waals surface area contributed by atoms with Crippen molar-refractivity contribution in [1.29, 1.82) is 0 Å². The molecule has 0 unspecified atom stereocenters. The molecule has 0 aliphatic heterocycles. The van der Waals surface area contributed by atoms with Gasteiger partial charge in [0.1, 0.15) is 5.58 Å². The Labute approximate surface area is 140 Å². The Morgan fingerprint density at radius 1 is 0.708 bits per heavy atom. The molecule has 4 rings (SSSR count). The van der Waals surface area contributed by atoms with Gasteiger partial charge >= 0.3 is 0 Å². The SMILES string of the molecule is c1ccc(C(=NNc2cccc3occc23)c2ccccc2)cc1. The Hall–Kier alpha value is -3.33. The Bertz CT molecular complexity index is 931. The molecule has 0 aliphatic carbocycles. The Morgan fingerprint density at radius 3 is 2.04 bits per heavy atom. The second-order valence-corrected chi connectivity index (χ2v) is 5.44. The van der Waals surface area contributed by atoms with Gasteiger partial charge in [-0.05, 0) is 18.2 Å². The highest BCUT2D eigenvalue weighted by molar-refractivity contribution is 6.13. The van der Waals surface area contributed by atoms with Crippen molar-refractivity contribution in [2.24, 2.45) is 5.10 Å². The van der Waals surface area contributed by atoms with Crippen LogP contribution < -0.4 is 5.43 Å². The van der Waals surface area contributed by atoms with Crippen LogP contribution in [0.2, 0.25) is 0 Å². The fourth-order valence-corrected chi connectivity index (χ4v) is 2.70. The van der Waals surface area contributed by atoms with Crippen molar-refractivity contribution in [1.82, 2.24) is 0 Å². The van der Waals surface area contributed by atoms with Gasteiger partial charge in [-0.2, -0.15) is 5.10 Å². The molecule has 116 valence electrons. The lowest BCUT2D eigenvalue weighted by Gasteiger charge is -2.09. The van der Waals surface area contributed by atoms with Crippen molar-refractivity contribution in [2.45, 2.75) is 0 Å². The average Bonchev–Trinajstić information content (AvgIpc) is 3.13. The summed E-state index contributed by atoms with van der Waals surface area (Å²) < 4.78 is 5.45. The summed E-state index contributed by atoms with van der Waals surface area (Å²) in [4.78, 5) is 0. The van der Waals surface area contributed by atoms with Gasteiger partial charge in [-0.3, -0.25) is 5.43 Å². The number of hydrogen-bond donors (Lipinski definition) is 1. The zero-order valence-electron chi connectivity index (χ0n) is 13.0. The van der Waals surface area contributed by atoms with Crippen LogP contribution in [0, 0.1) is 0 Å². The second-order valence-electron chi connectivity index (χ2n) is 5.44. The van der Waals surface area contributed by atoms with Crippen molar-refractivity contribution in [3.63, 3.8) is 0 Å². The number of fused-ring (bicyclic) bond motifs is 1. The van der Waals surface area contributed by atoms with Crippen LogP contribution in [-0.4, -0.2) is 5.71 Å². The molecule has 0 saturated carbocycles. The lowest BCUT2D eigenvalue weighted by atomic mass is 10.0. The van der Waals surface area contributed by atoms with E-state index in [2.05, 4.69) is 34.8 Å². The summed E-state index contributed by atoms with van der Waals surface area (Å²) >= 11 is 0. The number of hydrazone groups is 1. The molecule has 0 atom stereocenters. The van der Waals surface area contributed by atoms with Crippen LogP contribution in [0.25, 0.3) is 11.0 Å². The van der Waals surface area contributed by atoms with Gasteiger partial charge in [0.25, 0.3) is 0 Å². The van der Waals surface area contributed by atoms with Crippen LogP contribution in [0.1, 0.15) is 11.1 Å². The van der Waals surface area contributed by atoms with Gasteiger partial charge in [0.2, 0.25) is 0 Å². The highest BCUT2D eigenvalue weighted by atomic mass is 16.3. The van der Waals surface area contributed by atoms with E-state index in [0.717, 1.165) is 33.5 Å². The maximum atomic E-state index is 5.45. The normalized spacial score (nSPS) is 10.5. The molecular formula is C21H16N2O. The van der Waals surface area contributed by atoms with E-state index in [1.807, 2.05) is 60.7 Å². The van der Waals surface area contributed by atoms with E-state index >= 15 is 0 Å². The van der Waals surface area contributed by atoms with Gasteiger partial charge in [0.15, 0.2) is 0 Å². The third-order valence-electron chi connectivity index (χ3n) is 3.88. The van der Waals surface area contributed by atoms with Crippen molar-refractivity contribution in [2.75, 3.05) is 5.43 Å². The summed E-state index contributed by atoms with van der Waals surface area (Å²) in [5.74, 6) is 0. The van der Waals surface area contributed by atoms with E-state index in [1.165, 1.54) is 0 Å². The minimum atomic E-state index is 0.844. The molecule has 3 heteroatoms. The standard InChI is InChI=1S/C21H16N2O/c1-3-8-16(9-4-1)21(17-10-5-2-6-11-17)23-22-19-12-7-13-20-18(19)14-15-24-20/h1-15,22H. The molecule has 24 heavy (non-hydrogen) atoms. The van der Waals surface area contributed by atoms with Gasteiger partial charge in [-0.15, -0.1) is 0 Å². The summed E-state index contributed by atoms with van der Waals surface area (Å²) in [5, 5.41) is 5.70. The van der Waals surface area contributed by atoms with E-state index in [-0.39, 0.29) is 0 Å². The number of benzene rings is 3. The van der Waals surface area contributed by atoms with Crippen molar-refractivity contribution < 1.29 is 4.42 Å². The maximum absolute atomic E-state index is 5.45. The molecule has 3 aromatic carbocycles. The number of nitrogens with zero attached hydrogens (tertiary/aromatic N) is 1. The van der Waals surface area contributed by atoms with Gasteiger partial charge in [0.05, 0.1) is 17.7 Å². The predicted molar refractivity (Wildman–Crippen MR) is 98.4 cm³/mol. The lowest BCUT2D eigenvalue weighted by Crippen LogP contribution is -2.06. The molecule has 0 spiro atoms. The monoisotopic (exact) mass is 312 g/mol. The first-order valence-corrected chi connectivity index (χ1v) is 7.82. The third-order valence-corrected chi connectivity index (χ3v) is 3.88. The zero-order valence-corrected chi connectivity index (χ0v) is 13.0. The van der Waals surface area contributed by atoms with Gasteiger partial charge in [0, 0.05) is 16.5 Å². The van der Waals surface area contributed by atoms with Gasteiger partial charge in [-0.1, -0.05) is 66.7 Å². The minimum absolute atomic E-state index is 0.844. The Balaban J connectivity index is 1.76. The number of furan rings is 1. The first-order valence-electron chi connectivity index (χ1n) is 7.82. The van der Waals surface area contributed by atoms with E-state index < -0.39 is 0 Å². The van der Waals surface area contributed by atoms with Gasteiger partial charge < -0.3 is 4.42 Å². The van der Waals surface area contributed by atoms with E-state index in [1.54, 1.807) is 6.26 Å². The maximum Gasteiger partial charge on any atom is 0.135 e. The molecule has 0 bridgehead atoms. The second kappa shape index (κ2) is 6.42. The molecular weight excluding hydrogens is 296 g/mol. The number of rotatable bonds is 4. The van der Waals surface area contributed by atoms with Crippen LogP contribution in [0.4, 0.5) is 5.69 Å². The molecule has 1 heterocycles. The number of nitrogens with one attached hydrogen (secondary N) is 1. The fourth-order valence-electron chi connectivity index (χ4n) is 2.70. The topological polar surface area (TPSA) is 37.5 Å². The summed E-state index contributed by atoms with van der Waals surface area (Å²) in [6, 6.07) is 28.2. The molecule has 0 radical (unpaired) electrons. The molecule has 0 aliphatic rings. The van der Waals surface area contributed by atoms with E-state index in [0.29, 0.717) is 0 Å². The lowest BCUT2D eigenvalue weighted by molar-refractivity contribution is 0.616. The molecule has 4 aromatic rings. The fraction of sp³-hybridized carbons (Fsp3) is 0. The van der Waals surface area contributed by atoms with Crippen LogP contribution in [0.15, 0.2) is 101 Å². The summed E-state index contributed by atoms with van der Waals surface area (Å²) in [7, 11) is 0. The summed E-state index contributed by atoms with van der Waals surface area (Å²) in [6.45, 7) is 0. The van der Waals surface area contributed by atoms with E-state index in [9.17, 15) is 0 Å². The van der Waals surface area contributed by atoms with E-state index in [4.69, 9.17) is 4.42 Å². The number of anilines is 1. The first-order chi connectivity index (χ1) is 11.9. The van der Waals surface area contributed by atoms with Crippen molar-refractivity contribution >= 4 is 22.4 Å². The molecule has 0 saturated heterocycles. The van der Waals surface area contributed by atoms with Crippen LogP contribution >= 0.6 is 0 Å². The van der Waals surface area contributed by atoms with Crippen LogP contribution in [0.3, 0.4) is 0 Å². The van der Waals surface area contributed by atoms with Crippen molar-refractivity contribution in [3.05, 3.63) is 102 Å². The minimum Gasteiger partial charge on any atom is -0.464 e. The first kappa shape index (κ1) is 14.3. The highest BCUT2D eigenvalue weighted by Crippen LogP contribution is 2.24. The molecule has 1 aromatic heterocycles. The zero-order chi connectivity index (χ0) is 16.2. The van der Waals surface area contributed by atoms with Gasteiger partial charge in [-0.25, -0.2) is 0 Å². The quantitative estimate of drug-likeness (QED) is 0.410. The summed E-state index contributed by atoms with van der Waals surface area (Å²) in [6.07, 6.45) is 1.69. The smallest absolute Gasteiger partial charge is 0.135 e. The largest absolute Gasteiger partial charge is 0.464 e. The molecule has 0 amide bonds. The number of hydrogen-bond acceptors (Lipinski definition) is 3. The third kappa shape index (κ3) is 2.79. The van der Waals surface area contributed by atoms with Crippen LogP contribution in [0.5, 0.6) is 0 Å². The summed E-state index contributed by atoms with van der Waals surface area (Å²) in [5.41, 5.74) is 7.99. The Morgan fingerprint density at radius 2 is 1.38 bits per heavy atom. The van der Waals surface area contributed by atoms with Crippen LogP contribution in [-0.2, 0) is 0 Å². The van der Waals surface area contributed by atoms with Crippen molar-refractivity contribution in [3.8, 4) is 0 Å². The highest BCUT2D eigenvalue weighted by Gasteiger charge is 2.07. The molecule has 3 nitrogen and oxygen atoms in total. The Kier molecular flexibility index (Phi) is 3.82.